The van der Waals surface area contributed by atoms with Gasteiger partial charge in [0.25, 0.3) is 5.56 Å². The van der Waals surface area contributed by atoms with Crippen LogP contribution in [0.3, 0.4) is 0 Å². The van der Waals surface area contributed by atoms with E-state index in [-0.39, 0.29) is 5.56 Å². The van der Waals surface area contributed by atoms with E-state index in [4.69, 9.17) is 4.74 Å². The molecule has 0 amide bonds. The third-order valence-corrected chi connectivity index (χ3v) is 2.23. The van der Waals surface area contributed by atoms with Crippen molar-refractivity contribution in [1.29, 1.82) is 0 Å². The summed E-state index contributed by atoms with van der Waals surface area (Å²) in [5.41, 5.74) is 1.43. The lowest BCUT2D eigenvalue weighted by Gasteiger charge is -2.03. The van der Waals surface area contributed by atoms with Gasteiger partial charge in [0.2, 0.25) is 0 Å². The van der Waals surface area contributed by atoms with Crippen LogP contribution in [-0.4, -0.2) is 17.1 Å². The SMILES string of the molecule is COc1ccc(-c2nc(C)cc(=O)[nH]2)cc1. The summed E-state index contributed by atoms with van der Waals surface area (Å²) in [5.74, 6) is 1.35. The lowest BCUT2D eigenvalue weighted by molar-refractivity contribution is 0.415. The van der Waals surface area contributed by atoms with Crippen molar-refractivity contribution in [3.8, 4) is 17.1 Å². The summed E-state index contributed by atoms with van der Waals surface area (Å²) in [6.07, 6.45) is 0. The number of rotatable bonds is 2. The zero-order valence-electron chi connectivity index (χ0n) is 9.15. The molecule has 0 aliphatic rings. The Bertz CT molecular complexity index is 544. The van der Waals surface area contributed by atoms with Gasteiger partial charge in [-0.25, -0.2) is 4.98 Å². The molecular weight excluding hydrogens is 204 g/mol. The highest BCUT2D eigenvalue weighted by molar-refractivity contribution is 5.55. The fraction of sp³-hybridized carbons (Fsp3) is 0.167. The Morgan fingerprint density at radius 1 is 1.25 bits per heavy atom. The second-order valence-corrected chi connectivity index (χ2v) is 3.46. The van der Waals surface area contributed by atoms with Crippen molar-refractivity contribution in [1.82, 2.24) is 9.97 Å². The number of aryl methyl sites for hydroxylation is 1. The summed E-state index contributed by atoms with van der Waals surface area (Å²) in [6, 6.07) is 8.84. The second kappa shape index (κ2) is 4.18. The molecule has 1 N–H and O–H groups in total. The summed E-state index contributed by atoms with van der Waals surface area (Å²) < 4.78 is 5.06. The molecule has 0 saturated carbocycles. The van der Waals surface area contributed by atoms with Gasteiger partial charge in [-0.15, -0.1) is 0 Å². The smallest absolute Gasteiger partial charge is 0.251 e. The van der Waals surface area contributed by atoms with Gasteiger partial charge in [0.1, 0.15) is 11.6 Å². The van der Waals surface area contributed by atoms with Gasteiger partial charge in [-0.1, -0.05) is 0 Å². The van der Waals surface area contributed by atoms with Crippen LogP contribution < -0.4 is 10.3 Å². The highest BCUT2D eigenvalue weighted by Gasteiger charge is 2.01. The number of aromatic amines is 1. The van der Waals surface area contributed by atoms with Crippen molar-refractivity contribution in [3.05, 3.63) is 46.4 Å². The molecule has 0 bridgehead atoms. The van der Waals surface area contributed by atoms with Crippen molar-refractivity contribution < 1.29 is 4.74 Å². The number of nitrogens with zero attached hydrogens (tertiary/aromatic N) is 1. The molecule has 2 rings (SSSR count). The summed E-state index contributed by atoms with van der Waals surface area (Å²) in [7, 11) is 1.61. The van der Waals surface area contributed by atoms with E-state index in [1.165, 1.54) is 6.07 Å². The average Bonchev–Trinajstić information content (AvgIpc) is 2.28. The van der Waals surface area contributed by atoms with Gasteiger partial charge in [0, 0.05) is 17.3 Å². The lowest BCUT2D eigenvalue weighted by Crippen LogP contribution is -2.08. The average molecular weight is 216 g/mol. The maximum atomic E-state index is 11.3. The Balaban J connectivity index is 2.46. The first kappa shape index (κ1) is 10.4. The van der Waals surface area contributed by atoms with Crippen LogP contribution in [-0.2, 0) is 0 Å². The number of aromatic nitrogens is 2. The Morgan fingerprint density at radius 2 is 1.94 bits per heavy atom. The zero-order chi connectivity index (χ0) is 11.5. The van der Waals surface area contributed by atoms with E-state index < -0.39 is 0 Å². The Morgan fingerprint density at radius 3 is 2.50 bits per heavy atom. The predicted octanol–water partition coefficient (Wildman–Crippen LogP) is 1.75. The predicted molar refractivity (Wildman–Crippen MR) is 61.6 cm³/mol. The van der Waals surface area contributed by atoms with Crippen LogP contribution in [0.2, 0.25) is 0 Å². The van der Waals surface area contributed by atoms with Crippen molar-refractivity contribution >= 4 is 0 Å². The highest BCUT2D eigenvalue weighted by Crippen LogP contribution is 2.18. The molecule has 2 aromatic rings. The van der Waals surface area contributed by atoms with Crippen LogP contribution in [0.5, 0.6) is 5.75 Å². The van der Waals surface area contributed by atoms with Gasteiger partial charge in [0.05, 0.1) is 7.11 Å². The highest BCUT2D eigenvalue weighted by atomic mass is 16.5. The molecule has 16 heavy (non-hydrogen) atoms. The van der Waals surface area contributed by atoms with E-state index in [2.05, 4.69) is 9.97 Å². The van der Waals surface area contributed by atoms with Crippen LogP contribution in [0.25, 0.3) is 11.4 Å². The van der Waals surface area contributed by atoms with Crippen LogP contribution in [0.15, 0.2) is 35.1 Å². The monoisotopic (exact) mass is 216 g/mol. The molecule has 82 valence electrons. The van der Waals surface area contributed by atoms with E-state index in [1.54, 1.807) is 14.0 Å². The van der Waals surface area contributed by atoms with Gasteiger partial charge in [-0.3, -0.25) is 4.79 Å². The quantitative estimate of drug-likeness (QED) is 0.832. The fourth-order valence-electron chi connectivity index (χ4n) is 1.46. The molecule has 0 atom stereocenters. The number of nitrogens with one attached hydrogen (secondary N) is 1. The number of ether oxygens (including phenoxy) is 1. The Labute approximate surface area is 92.9 Å². The molecular formula is C12H12N2O2. The van der Waals surface area contributed by atoms with Crippen LogP contribution in [0.4, 0.5) is 0 Å². The third-order valence-electron chi connectivity index (χ3n) is 2.23. The summed E-state index contributed by atoms with van der Waals surface area (Å²) in [6.45, 7) is 1.79. The molecule has 4 heteroatoms. The van der Waals surface area contributed by atoms with Crippen molar-refractivity contribution in [2.24, 2.45) is 0 Å². The number of hydrogen-bond acceptors (Lipinski definition) is 3. The molecule has 1 heterocycles. The largest absolute Gasteiger partial charge is 0.497 e. The van der Waals surface area contributed by atoms with Gasteiger partial charge >= 0.3 is 0 Å². The van der Waals surface area contributed by atoms with Crippen molar-refractivity contribution in [3.63, 3.8) is 0 Å². The van der Waals surface area contributed by atoms with E-state index in [0.717, 1.165) is 11.3 Å². The van der Waals surface area contributed by atoms with Gasteiger partial charge in [0.15, 0.2) is 0 Å². The second-order valence-electron chi connectivity index (χ2n) is 3.46. The summed E-state index contributed by atoms with van der Waals surface area (Å²) >= 11 is 0. The topological polar surface area (TPSA) is 55.0 Å². The Kier molecular flexibility index (Phi) is 2.72. The first-order chi connectivity index (χ1) is 7.69. The van der Waals surface area contributed by atoms with Crippen LogP contribution >= 0.6 is 0 Å². The van der Waals surface area contributed by atoms with E-state index >= 15 is 0 Å². The molecule has 0 spiro atoms. The molecule has 4 nitrogen and oxygen atoms in total. The molecule has 0 radical (unpaired) electrons. The molecule has 0 fully saturated rings. The van der Waals surface area contributed by atoms with Crippen molar-refractivity contribution in [2.75, 3.05) is 7.11 Å². The van der Waals surface area contributed by atoms with Gasteiger partial charge in [-0.05, 0) is 31.2 Å². The first-order valence-electron chi connectivity index (χ1n) is 4.91. The number of methoxy groups -OCH3 is 1. The van der Waals surface area contributed by atoms with E-state index in [9.17, 15) is 4.79 Å². The van der Waals surface area contributed by atoms with Crippen molar-refractivity contribution in [2.45, 2.75) is 6.92 Å². The lowest BCUT2D eigenvalue weighted by atomic mass is 10.2. The number of benzene rings is 1. The fourth-order valence-corrected chi connectivity index (χ4v) is 1.46. The van der Waals surface area contributed by atoms with Crippen LogP contribution in [0, 0.1) is 6.92 Å². The standard InChI is InChI=1S/C12H12N2O2/c1-8-7-11(15)14-12(13-8)9-3-5-10(16-2)6-4-9/h3-7H,1-2H3,(H,13,14,15). The molecule has 1 aromatic carbocycles. The van der Waals surface area contributed by atoms with Crippen LogP contribution in [0.1, 0.15) is 5.69 Å². The summed E-state index contributed by atoms with van der Waals surface area (Å²) in [5, 5.41) is 0. The molecule has 0 unspecified atom stereocenters. The summed E-state index contributed by atoms with van der Waals surface area (Å²) in [4.78, 5) is 18.2. The maximum absolute atomic E-state index is 11.3. The number of hydrogen-bond donors (Lipinski definition) is 1. The molecule has 1 aromatic heterocycles. The zero-order valence-corrected chi connectivity index (χ0v) is 9.15. The van der Waals surface area contributed by atoms with Gasteiger partial charge < -0.3 is 9.72 Å². The minimum Gasteiger partial charge on any atom is -0.497 e. The molecule has 0 saturated heterocycles. The minimum atomic E-state index is -0.140. The third kappa shape index (κ3) is 2.11. The Hall–Kier alpha value is -2.10. The van der Waals surface area contributed by atoms with E-state index in [0.29, 0.717) is 11.5 Å². The molecule has 0 aliphatic carbocycles. The number of H-pyrrole nitrogens is 1. The maximum Gasteiger partial charge on any atom is 0.251 e. The minimum absolute atomic E-state index is 0.140. The first-order valence-corrected chi connectivity index (χ1v) is 4.91. The van der Waals surface area contributed by atoms with E-state index in [1.807, 2.05) is 24.3 Å². The van der Waals surface area contributed by atoms with Gasteiger partial charge in [-0.2, -0.15) is 0 Å². The molecule has 0 aliphatic heterocycles. The normalized spacial score (nSPS) is 10.1.